The lowest BCUT2D eigenvalue weighted by Crippen LogP contribution is -2.29. The lowest BCUT2D eigenvalue weighted by Gasteiger charge is -2.26. The molecule has 7 heteroatoms. The lowest BCUT2D eigenvalue weighted by atomic mass is 9.75. The number of carboxylic acids is 1. The number of aliphatic carboxylic acids is 1. The second-order valence-corrected chi connectivity index (χ2v) is 9.35. The Balaban J connectivity index is 1.49. The molecule has 2 bridgehead atoms. The third-order valence-electron chi connectivity index (χ3n) is 7.08. The van der Waals surface area contributed by atoms with Crippen LogP contribution in [0.25, 0.3) is 0 Å². The molecule has 178 valence electrons. The summed E-state index contributed by atoms with van der Waals surface area (Å²) in [5, 5.41) is 9.10. The summed E-state index contributed by atoms with van der Waals surface area (Å²) in [6.07, 6.45) is 8.25. The van der Waals surface area contributed by atoms with Gasteiger partial charge in [-0.3, -0.25) is 9.59 Å². The van der Waals surface area contributed by atoms with Crippen LogP contribution in [-0.2, 0) is 22.4 Å². The molecular weight excluding hydrogens is 420 g/mol. The first-order chi connectivity index (χ1) is 16.0. The molecule has 3 heterocycles. The second-order valence-electron chi connectivity index (χ2n) is 9.35. The van der Waals surface area contributed by atoms with Crippen LogP contribution in [0.1, 0.15) is 78.9 Å². The van der Waals surface area contributed by atoms with Crippen LogP contribution in [0.4, 0.5) is 0 Å². The molecule has 1 aromatic heterocycles. The van der Waals surface area contributed by atoms with Crippen molar-refractivity contribution in [3.05, 3.63) is 53.2 Å². The Hall–Kier alpha value is -2.67. The molecule has 4 rings (SSSR count). The van der Waals surface area contributed by atoms with Gasteiger partial charge in [0.25, 0.3) is 5.91 Å². The molecule has 1 aromatic carbocycles. The van der Waals surface area contributed by atoms with E-state index in [1.54, 1.807) is 4.90 Å². The van der Waals surface area contributed by atoms with E-state index >= 15 is 0 Å². The molecule has 2 aromatic rings. The number of benzene rings is 1. The fourth-order valence-corrected chi connectivity index (χ4v) is 5.31. The number of carbonyl (C=O) groups is 2. The lowest BCUT2D eigenvalue weighted by molar-refractivity contribution is -0.136. The van der Waals surface area contributed by atoms with Gasteiger partial charge in [-0.2, -0.15) is 0 Å². The molecular formula is C26H34N2O5. The maximum absolute atomic E-state index is 12.8. The average molecular weight is 455 g/mol. The zero-order valence-electron chi connectivity index (χ0n) is 19.5. The minimum atomic E-state index is -0.789. The summed E-state index contributed by atoms with van der Waals surface area (Å²) >= 11 is 0. The summed E-state index contributed by atoms with van der Waals surface area (Å²) in [6.45, 7) is 2.85. The van der Waals surface area contributed by atoms with Gasteiger partial charge in [-0.25, -0.2) is 4.98 Å². The number of carbonyl (C=O) groups excluding carboxylic acids is 1. The van der Waals surface area contributed by atoms with Crippen LogP contribution >= 0.6 is 0 Å². The summed E-state index contributed by atoms with van der Waals surface area (Å²) in [7, 11) is 1.81. The van der Waals surface area contributed by atoms with E-state index in [2.05, 4.69) is 18.0 Å². The molecule has 0 aliphatic carbocycles. The average Bonchev–Trinajstić information content (AvgIpc) is 3.54. The summed E-state index contributed by atoms with van der Waals surface area (Å²) in [5.74, 6) is -0.120. The normalized spacial score (nSPS) is 23.7. The van der Waals surface area contributed by atoms with Crippen LogP contribution in [-0.4, -0.2) is 52.7 Å². The van der Waals surface area contributed by atoms with Gasteiger partial charge in [0.15, 0.2) is 5.69 Å². The van der Waals surface area contributed by atoms with Gasteiger partial charge in [0, 0.05) is 25.9 Å². The number of aromatic nitrogens is 1. The quantitative estimate of drug-likeness (QED) is 0.504. The third kappa shape index (κ3) is 5.29. The summed E-state index contributed by atoms with van der Waals surface area (Å²) < 4.78 is 12.1. The van der Waals surface area contributed by atoms with Crippen LogP contribution in [0.15, 0.2) is 34.9 Å². The fourth-order valence-electron chi connectivity index (χ4n) is 5.31. The van der Waals surface area contributed by atoms with Crippen LogP contribution in [0.3, 0.4) is 0 Å². The first kappa shape index (κ1) is 23.5. The van der Waals surface area contributed by atoms with Gasteiger partial charge in [0.05, 0.1) is 18.1 Å². The number of carboxylic acid groups (broad SMARTS) is 1. The number of amides is 1. The molecule has 0 saturated carbocycles. The summed E-state index contributed by atoms with van der Waals surface area (Å²) in [6, 6.07) is 8.05. The van der Waals surface area contributed by atoms with Crippen molar-refractivity contribution in [1.29, 1.82) is 0 Å². The number of nitrogens with zero attached hydrogens (tertiary/aromatic N) is 2. The van der Waals surface area contributed by atoms with Gasteiger partial charge in [0.2, 0.25) is 5.89 Å². The smallest absolute Gasteiger partial charge is 0.303 e. The molecule has 2 fully saturated rings. The first-order valence-corrected chi connectivity index (χ1v) is 12.1. The van der Waals surface area contributed by atoms with E-state index in [-0.39, 0.29) is 36.4 Å². The maximum atomic E-state index is 12.8. The molecule has 4 atom stereocenters. The van der Waals surface area contributed by atoms with E-state index in [0.717, 1.165) is 49.7 Å². The Kier molecular flexibility index (Phi) is 7.48. The molecule has 0 unspecified atom stereocenters. The predicted molar refractivity (Wildman–Crippen MR) is 123 cm³/mol. The van der Waals surface area contributed by atoms with Crippen molar-refractivity contribution in [3.63, 3.8) is 0 Å². The number of unbranched alkanes of at least 4 members (excludes halogenated alkanes) is 2. The number of aryl methyl sites for hydroxylation is 1. The van der Waals surface area contributed by atoms with Crippen molar-refractivity contribution in [3.8, 4) is 0 Å². The van der Waals surface area contributed by atoms with Gasteiger partial charge in [-0.05, 0) is 43.2 Å². The predicted octanol–water partition coefficient (Wildman–Crippen LogP) is 4.46. The Morgan fingerprint density at radius 3 is 2.67 bits per heavy atom. The Morgan fingerprint density at radius 2 is 1.91 bits per heavy atom. The van der Waals surface area contributed by atoms with Crippen LogP contribution in [0, 0.1) is 5.92 Å². The van der Waals surface area contributed by atoms with Gasteiger partial charge < -0.3 is 19.2 Å². The molecule has 2 saturated heterocycles. The Bertz CT molecular complexity index is 971. The Labute approximate surface area is 195 Å². The zero-order chi connectivity index (χ0) is 23.4. The SMILES string of the molecule is CCCCCN(C)C(=O)c1coc([C@H]2[C@@H](Cc3ccccc3CCC(=O)O)[C@@H]3CC[C@H]2O3)n1. The van der Waals surface area contributed by atoms with Crippen molar-refractivity contribution < 1.29 is 23.8 Å². The number of ether oxygens (including phenoxy) is 1. The molecule has 0 radical (unpaired) electrons. The molecule has 2 aliphatic heterocycles. The monoisotopic (exact) mass is 454 g/mol. The Morgan fingerprint density at radius 1 is 1.15 bits per heavy atom. The number of oxazole rings is 1. The van der Waals surface area contributed by atoms with E-state index in [1.807, 2.05) is 25.2 Å². The largest absolute Gasteiger partial charge is 0.481 e. The minimum absolute atomic E-state index is 0.00299. The van der Waals surface area contributed by atoms with E-state index in [4.69, 9.17) is 14.3 Å². The number of rotatable bonds is 11. The molecule has 7 nitrogen and oxygen atoms in total. The number of hydrogen-bond donors (Lipinski definition) is 1. The van der Waals surface area contributed by atoms with Crippen LogP contribution in [0.2, 0.25) is 0 Å². The number of hydrogen-bond acceptors (Lipinski definition) is 5. The highest BCUT2D eigenvalue weighted by atomic mass is 16.5. The fraction of sp³-hybridized carbons (Fsp3) is 0.577. The molecule has 33 heavy (non-hydrogen) atoms. The van der Waals surface area contributed by atoms with Gasteiger partial charge in [-0.1, -0.05) is 44.0 Å². The highest BCUT2D eigenvalue weighted by Crippen LogP contribution is 2.50. The van der Waals surface area contributed by atoms with Crippen molar-refractivity contribution in [2.24, 2.45) is 5.92 Å². The minimum Gasteiger partial charge on any atom is -0.481 e. The van der Waals surface area contributed by atoms with E-state index in [0.29, 0.717) is 24.6 Å². The van der Waals surface area contributed by atoms with E-state index < -0.39 is 5.97 Å². The van der Waals surface area contributed by atoms with E-state index in [1.165, 1.54) is 6.26 Å². The van der Waals surface area contributed by atoms with Crippen molar-refractivity contribution in [2.45, 2.75) is 76.4 Å². The van der Waals surface area contributed by atoms with Crippen LogP contribution < -0.4 is 0 Å². The van der Waals surface area contributed by atoms with Gasteiger partial charge >= 0.3 is 5.97 Å². The highest BCUT2D eigenvalue weighted by Gasteiger charge is 2.51. The van der Waals surface area contributed by atoms with Crippen molar-refractivity contribution in [2.75, 3.05) is 13.6 Å². The number of fused-ring (bicyclic) bond motifs is 2. The van der Waals surface area contributed by atoms with Crippen molar-refractivity contribution in [1.82, 2.24) is 9.88 Å². The van der Waals surface area contributed by atoms with Gasteiger partial charge in [-0.15, -0.1) is 0 Å². The summed E-state index contributed by atoms with van der Waals surface area (Å²) in [5.41, 5.74) is 2.58. The standard InChI is InChI=1S/C26H34N2O5/c1-3-4-7-14-28(2)26(31)20-16-32-25(27-20)24-19(21-11-12-22(24)33-21)15-18-9-6-5-8-17(18)10-13-23(29)30/h5-6,8-9,16,19,21-22,24H,3-4,7,10-15H2,1-2H3,(H,29,30)/t19-,21-,22+,24-/m0/s1. The first-order valence-electron chi connectivity index (χ1n) is 12.1. The highest BCUT2D eigenvalue weighted by molar-refractivity contribution is 5.91. The summed E-state index contributed by atoms with van der Waals surface area (Å²) in [4.78, 5) is 30.2. The topological polar surface area (TPSA) is 92.9 Å². The van der Waals surface area contributed by atoms with Gasteiger partial charge in [0.1, 0.15) is 6.26 Å². The molecule has 2 aliphatic rings. The molecule has 1 N–H and O–H groups in total. The molecule has 1 amide bonds. The zero-order valence-corrected chi connectivity index (χ0v) is 19.5. The third-order valence-corrected chi connectivity index (χ3v) is 7.08. The van der Waals surface area contributed by atoms with Crippen LogP contribution in [0.5, 0.6) is 0 Å². The maximum Gasteiger partial charge on any atom is 0.303 e. The van der Waals surface area contributed by atoms with Crippen molar-refractivity contribution >= 4 is 11.9 Å². The molecule has 0 spiro atoms. The van der Waals surface area contributed by atoms with E-state index in [9.17, 15) is 9.59 Å². The second kappa shape index (κ2) is 10.5.